The zero-order valence-electron chi connectivity index (χ0n) is 11.4. The summed E-state index contributed by atoms with van der Waals surface area (Å²) in [6.45, 7) is 6.20. The molecule has 2 fully saturated rings. The van der Waals surface area contributed by atoms with E-state index in [1.165, 1.54) is 32.1 Å². The molecule has 1 N–H and O–H groups in total. The van der Waals surface area contributed by atoms with E-state index in [0.717, 1.165) is 25.6 Å². The monoisotopic (exact) mass is 240 g/mol. The third-order valence-corrected chi connectivity index (χ3v) is 5.03. The Bertz CT molecular complexity index is 229. The zero-order valence-corrected chi connectivity index (χ0v) is 11.4. The lowest BCUT2D eigenvalue weighted by molar-refractivity contribution is -0.0600. The van der Waals surface area contributed by atoms with E-state index in [0.29, 0.717) is 17.8 Å². The van der Waals surface area contributed by atoms with Crippen LogP contribution in [-0.4, -0.2) is 24.4 Å². The van der Waals surface area contributed by atoms with Gasteiger partial charge in [-0.2, -0.15) is 0 Å². The van der Waals surface area contributed by atoms with Crippen LogP contribution in [0.5, 0.6) is 0 Å². The van der Waals surface area contributed by atoms with E-state index < -0.39 is 0 Å². The Morgan fingerprint density at radius 2 is 2.12 bits per heavy atom. The van der Waals surface area contributed by atoms with Gasteiger partial charge in [0, 0.05) is 13.2 Å². The van der Waals surface area contributed by atoms with Gasteiger partial charge in [0.1, 0.15) is 0 Å². The second-order valence-electron chi connectivity index (χ2n) is 6.20. The minimum atomic E-state index is -0.0803. The molecule has 0 aromatic heterocycles. The molecule has 1 saturated carbocycles. The predicted molar refractivity (Wildman–Crippen MR) is 69.8 cm³/mol. The van der Waals surface area contributed by atoms with E-state index in [2.05, 4.69) is 13.8 Å². The molecular weight excluding hydrogens is 212 g/mol. The maximum Gasteiger partial charge on any atom is 0.0600 e. The topological polar surface area (TPSA) is 29.5 Å². The van der Waals surface area contributed by atoms with Crippen molar-refractivity contribution in [1.29, 1.82) is 0 Å². The van der Waals surface area contributed by atoms with Crippen molar-refractivity contribution in [2.45, 2.75) is 58.5 Å². The first-order valence-electron chi connectivity index (χ1n) is 7.48. The molecule has 1 heterocycles. The fraction of sp³-hybridized carbons (Fsp3) is 1.00. The second kappa shape index (κ2) is 6.19. The largest absolute Gasteiger partial charge is 0.393 e. The van der Waals surface area contributed by atoms with E-state index in [9.17, 15) is 5.11 Å². The first-order valence-corrected chi connectivity index (χ1v) is 7.48. The number of ether oxygens (including phenoxy) is 1. The Kier molecular flexibility index (Phi) is 4.87. The third-order valence-electron chi connectivity index (χ3n) is 5.03. The van der Waals surface area contributed by atoms with Gasteiger partial charge < -0.3 is 9.84 Å². The van der Waals surface area contributed by atoms with E-state index in [1.807, 2.05) is 0 Å². The van der Waals surface area contributed by atoms with Crippen LogP contribution in [0, 0.1) is 23.7 Å². The SMILES string of the molecule is CCC1CCCC(C(O)C2CCOCC2C)C1. The normalized spacial score (nSPS) is 41.1. The maximum absolute atomic E-state index is 10.6. The van der Waals surface area contributed by atoms with Crippen LogP contribution in [0.1, 0.15) is 52.4 Å². The molecule has 0 bridgehead atoms. The highest BCUT2D eigenvalue weighted by molar-refractivity contribution is 4.85. The highest BCUT2D eigenvalue weighted by Crippen LogP contribution is 2.38. The van der Waals surface area contributed by atoms with Crippen molar-refractivity contribution in [2.75, 3.05) is 13.2 Å². The summed E-state index contributed by atoms with van der Waals surface area (Å²) >= 11 is 0. The predicted octanol–water partition coefficient (Wildman–Crippen LogP) is 3.24. The molecule has 17 heavy (non-hydrogen) atoms. The number of hydrogen-bond acceptors (Lipinski definition) is 2. The smallest absolute Gasteiger partial charge is 0.0600 e. The first kappa shape index (κ1) is 13.4. The van der Waals surface area contributed by atoms with Crippen molar-refractivity contribution in [2.24, 2.45) is 23.7 Å². The molecule has 0 aromatic carbocycles. The third kappa shape index (κ3) is 3.23. The summed E-state index contributed by atoms with van der Waals surface area (Å²) in [6, 6.07) is 0. The average molecular weight is 240 g/mol. The van der Waals surface area contributed by atoms with Gasteiger partial charge in [0.15, 0.2) is 0 Å². The van der Waals surface area contributed by atoms with Crippen molar-refractivity contribution in [3.05, 3.63) is 0 Å². The number of hydrogen-bond donors (Lipinski definition) is 1. The number of aliphatic hydroxyl groups excluding tert-OH is 1. The Morgan fingerprint density at radius 3 is 2.82 bits per heavy atom. The van der Waals surface area contributed by atoms with Gasteiger partial charge in [-0.15, -0.1) is 0 Å². The molecule has 0 spiro atoms. The van der Waals surface area contributed by atoms with Crippen LogP contribution < -0.4 is 0 Å². The van der Waals surface area contributed by atoms with Crippen LogP contribution >= 0.6 is 0 Å². The maximum atomic E-state index is 10.6. The molecule has 2 aliphatic rings. The van der Waals surface area contributed by atoms with E-state index in [1.54, 1.807) is 0 Å². The molecule has 2 heteroatoms. The van der Waals surface area contributed by atoms with Gasteiger partial charge in [0.25, 0.3) is 0 Å². The van der Waals surface area contributed by atoms with Crippen LogP contribution in [0.25, 0.3) is 0 Å². The van der Waals surface area contributed by atoms with E-state index in [4.69, 9.17) is 4.74 Å². The first-order chi connectivity index (χ1) is 8.22. The Labute approximate surface area is 106 Å². The van der Waals surface area contributed by atoms with Crippen LogP contribution in [0.15, 0.2) is 0 Å². The summed E-state index contributed by atoms with van der Waals surface area (Å²) in [5.74, 6) is 2.42. The van der Waals surface area contributed by atoms with Gasteiger partial charge in [-0.25, -0.2) is 0 Å². The molecule has 0 aromatic rings. The fourth-order valence-electron chi connectivity index (χ4n) is 3.77. The Morgan fingerprint density at radius 1 is 1.29 bits per heavy atom. The van der Waals surface area contributed by atoms with Gasteiger partial charge in [-0.1, -0.05) is 33.1 Å². The summed E-state index contributed by atoms with van der Waals surface area (Å²) < 4.78 is 5.48. The fourth-order valence-corrected chi connectivity index (χ4v) is 3.77. The van der Waals surface area contributed by atoms with Gasteiger partial charge >= 0.3 is 0 Å². The second-order valence-corrected chi connectivity index (χ2v) is 6.20. The van der Waals surface area contributed by atoms with Crippen molar-refractivity contribution in [1.82, 2.24) is 0 Å². The zero-order chi connectivity index (χ0) is 12.3. The Balaban J connectivity index is 1.91. The molecular formula is C15H28O2. The lowest BCUT2D eigenvalue weighted by Gasteiger charge is -2.39. The minimum absolute atomic E-state index is 0.0803. The molecule has 5 atom stereocenters. The summed E-state index contributed by atoms with van der Waals surface area (Å²) in [6.07, 6.45) is 7.44. The number of aliphatic hydroxyl groups is 1. The quantitative estimate of drug-likeness (QED) is 0.820. The molecule has 0 amide bonds. The average Bonchev–Trinajstić information content (AvgIpc) is 2.38. The lowest BCUT2D eigenvalue weighted by atomic mass is 9.71. The molecule has 1 saturated heterocycles. The summed E-state index contributed by atoms with van der Waals surface area (Å²) in [7, 11) is 0. The highest BCUT2D eigenvalue weighted by Gasteiger charge is 2.35. The number of rotatable bonds is 3. The molecule has 2 nitrogen and oxygen atoms in total. The van der Waals surface area contributed by atoms with E-state index >= 15 is 0 Å². The van der Waals surface area contributed by atoms with Gasteiger partial charge in [-0.3, -0.25) is 0 Å². The molecule has 0 radical (unpaired) electrons. The van der Waals surface area contributed by atoms with Gasteiger partial charge in [0.05, 0.1) is 6.10 Å². The van der Waals surface area contributed by atoms with Crippen molar-refractivity contribution < 1.29 is 9.84 Å². The Hall–Kier alpha value is -0.0800. The standard InChI is InChI=1S/C15H28O2/c1-3-12-5-4-6-13(9-12)15(16)14-7-8-17-10-11(14)2/h11-16H,3-10H2,1-2H3. The highest BCUT2D eigenvalue weighted by atomic mass is 16.5. The van der Waals surface area contributed by atoms with Crippen molar-refractivity contribution in [3.8, 4) is 0 Å². The van der Waals surface area contributed by atoms with Crippen molar-refractivity contribution >= 4 is 0 Å². The minimum Gasteiger partial charge on any atom is -0.393 e. The molecule has 1 aliphatic carbocycles. The van der Waals surface area contributed by atoms with E-state index in [-0.39, 0.29) is 6.10 Å². The van der Waals surface area contributed by atoms with Crippen LogP contribution in [0.4, 0.5) is 0 Å². The molecule has 100 valence electrons. The van der Waals surface area contributed by atoms with Gasteiger partial charge in [-0.05, 0) is 42.9 Å². The van der Waals surface area contributed by atoms with Crippen molar-refractivity contribution in [3.63, 3.8) is 0 Å². The van der Waals surface area contributed by atoms with Crippen LogP contribution in [0.3, 0.4) is 0 Å². The molecule has 1 aliphatic heterocycles. The molecule has 5 unspecified atom stereocenters. The van der Waals surface area contributed by atoms with Crippen LogP contribution in [-0.2, 0) is 4.74 Å². The summed E-state index contributed by atoms with van der Waals surface area (Å²) in [5.41, 5.74) is 0. The van der Waals surface area contributed by atoms with Crippen LogP contribution in [0.2, 0.25) is 0 Å². The lowest BCUT2D eigenvalue weighted by Crippen LogP contribution is -2.40. The summed E-state index contributed by atoms with van der Waals surface area (Å²) in [4.78, 5) is 0. The summed E-state index contributed by atoms with van der Waals surface area (Å²) in [5, 5.41) is 10.6. The van der Waals surface area contributed by atoms with Gasteiger partial charge in [0.2, 0.25) is 0 Å². The molecule has 2 rings (SSSR count).